The van der Waals surface area contributed by atoms with Gasteiger partial charge >= 0.3 is 12.1 Å². The fourth-order valence-electron chi connectivity index (χ4n) is 2.10. The molecule has 0 fully saturated rings. The van der Waals surface area contributed by atoms with E-state index < -0.39 is 12.1 Å². The molecule has 0 aromatic heterocycles. The normalized spacial score (nSPS) is 11.7. The molecule has 0 N–H and O–H groups in total. The summed E-state index contributed by atoms with van der Waals surface area (Å²) in [5.74, 6) is -0.462. The third-order valence-electron chi connectivity index (χ3n) is 3.93. The van der Waals surface area contributed by atoms with Crippen LogP contribution in [0.3, 0.4) is 0 Å². The van der Waals surface area contributed by atoms with Crippen LogP contribution in [-0.4, -0.2) is 18.7 Å². The number of unbranched alkanes of at least 4 members (excludes halogenated alkanes) is 1. The van der Waals surface area contributed by atoms with E-state index in [2.05, 4.69) is 21.7 Å². The minimum absolute atomic E-state index is 0.254. The Bertz CT molecular complexity index is 540. The lowest BCUT2D eigenvalue weighted by Crippen LogP contribution is -2.16. The number of rotatable bonds is 9. The smallest absolute Gasteiger partial charge is 0.432 e. The SMILES string of the molecule is CCCCC(CC)COC(=O)OOOC(=O)c1ccc(C)c(C)c1. The van der Waals surface area contributed by atoms with Gasteiger partial charge in [0.25, 0.3) is 0 Å². The second-order valence-electron chi connectivity index (χ2n) is 5.80. The molecule has 1 aromatic carbocycles. The van der Waals surface area contributed by atoms with Gasteiger partial charge < -0.3 is 4.74 Å². The van der Waals surface area contributed by atoms with Crippen LogP contribution in [-0.2, 0) is 19.6 Å². The topological polar surface area (TPSA) is 71.1 Å². The standard InChI is InChI=1S/C18H26O6/c1-5-7-8-15(6-2)12-21-18(20)23-24-22-17(19)16-10-9-13(3)14(4)11-16/h9-11,15H,5-8,12H2,1-4H3. The summed E-state index contributed by atoms with van der Waals surface area (Å²) in [5, 5.41) is 4.20. The van der Waals surface area contributed by atoms with E-state index in [0.29, 0.717) is 5.56 Å². The monoisotopic (exact) mass is 338 g/mol. The van der Waals surface area contributed by atoms with Crippen LogP contribution < -0.4 is 0 Å². The summed E-state index contributed by atoms with van der Waals surface area (Å²) < 4.78 is 4.94. The Labute approximate surface area is 142 Å². The van der Waals surface area contributed by atoms with Crippen LogP contribution >= 0.6 is 0 Å². The van der Waals surface area contributed by atoms with Gasteiger partial charge in [0.15, 0.2) is 0 Å². The van der Waals surface area contributed by atoms with Crippen LogP contribution in [0.1, 0.15) is 61.0 Å². The zero-order valence-corrected chi connectivity index (χ0v) is 14.8. The van der Waals surface area contributed by atoms with Crippen molar-refractivity contribution in [2.24, 2.45) is 5.92 Å². The minimum atomic E-state index is -1.03. The lowest BCUT2D eigenvalue weighted by Gasteiger charge is -2.13. The Hall–Kier alpha value is -2.08. The van der Waals surface area contributed by atoms with Crippen LogP contribution in [0.4, 0.5) is 4.79 Å². The van der Waals surface area contributed by atoms with Crippen molar-refractivity contribution in [1.82, 2.24) is 0 Å². The highest BCUT2D eigenvalue weighted by Gasteiger charge is 2.14. The number of hydrogen-bond donors (Lipinski definition) is 0. The van der Waals surface area contributed by atoms with E-state index in [4.69, 9.17) is 4.74 Å². The number of carbonyl (C=O) groups is 2. The maximum Gasteiger partial charge on any atom is 0.543 e. The fraction of sp³-hybridized carbons (Fsp3) is 0.556. The summed E-state index contributed by atoms with van der Waals surface area (Å²) in [6.45, 7) is 8.22. The van der Waals surface area contributed by atoms with Crippen molar-refractivity contribution in [3.05, 3.63) is 34.9 Å². The molecule has 24 heavy (non-hydrogen) atoms. The van der Waals surface area contributed by atoms with Gasteiger partial charge in [-0.1, -0.05) is 39.2 Å². The zero-order chi connectivity index (χ0) is 17.9. The Balaban J connectivity index is 2.29. The molecule has 0 amide bonds. The van der Waals surface area contributed by atoms with Crippen molar-refractivity contribution in [3.8, 4) is 0 Å². The van der Waals surface area contributed by atoms with E-state index in [1.54, 1.807) is 18.2 Å². The minimum Gasteiger partial charge on any atom is -0.432 e. The van der Waals surface area contributed by atoms with Gasteiger partial charge in [0.1, 0.15) is 0 Å². The molecule has 0 radical (unpaired) electrons. The predicted molar refractivity (Wildman–Crippen MR) is 88.2 cm³/mol. The lowest BCUT2D eigenvalue weighted by atomic mass is 10.0. The van der Waals surface area contributed by atoms with Gasteiger partial charge in [0.05, 0.1) is 17.2 Å². The van der Waals surface area contributed by atoms with Crippen molar-refractivity contribution in [1.29, 1.82) is 0 Å². The fourth-order valence-corrected chi connectivity index (χ4v) is 2.10. The molecule has 0 saturated carbocycles. The van der Waals surface area contributed by atoms with Crippen LogP contribution in [0.15, 0.2) is 18.2 Å². The molecule has 1 atom stereocenters. The summed E-state index contributed by atoms with van der Waals surface area (Å²) in [5.41, 5.74) is 2.31. The first kappa shape index (κ1) is 20.0. The molecular formula is C18H26O6. The quantitative estimate of drug-likeness (QED) is 0.370. The van der Waals surface area contributed by atoms with E-state index in [-0.39, 0.29) is 12.5 Å². The molecule has 0 aliphatic carbocycles. The maximum atomic E-state index is 11.7. The molecule has 1 aromatic rings. The van der Waals surface area contributed by atoms with E-state index >= 15 is 0 Å². The third kappa shape index (κ3) is 7.00. The Morgan fingerprint density at radius 2 is 1.83 bits per heavy atom. The lowest BCUT2D eigenvalue weighted by molar-refractivity contribution is -0.452. The average molecular weight is 338 g/mol. The maximum absolute atomic E-state index is 11.7. The van der Waals surface area contributed by atoms with Gasteiger partial charge in [-0.25, -0.2) is 14.5 Å². The molecule has 6 heteroatoms. The summed E-state index contributed by atoms with van der Waals surface area (Å²) in [7, 11) is 0. The van der Waals surface area contributed by atoms with Gasteiger partial charge in [-0.05, 0) is 49.4 Å². The number of benzene rings is 1. The summed E-state index contributed by atoms with van der Waals surface area (Å²) in [6.07, 6.45) is 3.05. The highest BCUT2D eigenvalue weighted by molar-refractivity contribution is 5.89. The number of hydrogen-bond acceptors (Lipinski definition) is 6. The van der Waals surface area contributed by atoms with Gasteiger partial charge in [-0.2, -0.15) is 0 Å². The molecule has 0 aliphatic heterocycles. The molecular weight excluding hydrogens is 312 g/mol. The van der Waals surface area contributed by atoms with Crippen LogP contribution in [0.2, 0.25) is 0 Å². The first-order valence-corrected chi connectivity index (χ1v) is 8.27. The molecule has 6 nitrogen and oxygen atoms in total. The van der Waals surface area contributed by atoms with E-state index in [1.807, 2.05) is 20.8 Å². The summed E-state index contributed by atoms with van der Waals surface area (Å²) >= 11 is 0. The first-order chi connectivity index (χ1) is 11.5. The molecule has 1 unspecified atom stereocenters. The second-order valence-corrected chi connectivity index (χ2v) is 5.80. The summed E-state index contributed by atoms with van der Waals surface area (Å²) in [4.78, 5) is 31.8. The van der Waals surface area contributed by atoms with Gasteiger partial charge in [0.2, 0.25) is 0 Å². The zero-order valence-electron chi connectivity index (χ0n) is 14.8. The van der Waals surface area contributed by atoms with Gasteiger partial charge in [-0.15, -0.1) is 0 Å². The van der Waals surface area contributed by atoms with Crippen LogP contribution in [0, 0.1) is 19.8 Å². The second kappa shape index (κ2) is 10.6. The largest absolute Gasteiger partial charge is 0.543 e. The molecule has 0 heterocycles. The highest BCUT2D eigenvalue weighted by Crippen LogP contribution is 2.13. The van der Waals surface area contributed by atoms with Crippen molar-refractivity contribution in [3.63, 3.8) is 0 Å². The molecule has 0 aliphatic rings. The van der Waals surface area contributed by atoms with Crippen molar-refractivity contribution in [2.75, 3.05) is 6.61 Å². The Morgan fingerprint density at radius 3 is 2.46 bits per heavy atom. The number of ether oxygens (including phenoxy) is 1. The van der Waals surface area contributed by atoms with Crippen molar-refractivity contribution in [2.45, 2.75) is 53.4 Å². The van der Waals surface area contributed by atoms with Gasteiger partial charge in [-0.3, -0.25) is 4.89 Å². The van der Waals surface area contributed by atoms with E-state index in [1.165, 1.54) is 0 Å². The summed E-state index contributed by atoms with van der Waals surface area (Å²) in [6, 6.07) is 5.06. The van der Waals surface area contributed by atoms with Crippen LogP contribution in [0.25, 0.3) is 0 Å². The van der Waals surface area contributed by atoms with Gasteiger partial charge in [0, 0.05) is 0 Å². The molecule has 0 saturated heterocycles. The van der Waals surface area contributed by atoms with E-state index in [9.17, 15) is 9.59 Å². The van der Waals surface area contributed by atoms with Crippen molar-refractivity contribution < 1.29 is 29.1 Å². The molecule has 1 rings (SSSR count). The predicted octanol–water partition coefficient (Wildman–Crippen LogP) is 4.68. The Kier molecular flexibility index (Phi) is 8.86. The van der Waals surface area contributed by atoms with Crippen LogP contribution in [0.5, 0.6) is 0 Å². The first-order valence-electron chi connectivity index (χ1n) is 8.27. The number of aryl methyl sites for hydroxylation is 2. The molecule has 0 bridgehead atoms. The molecule has 134 valence electrons. The van der Waals surface area contributed by atoms with Crippen molar-refractivity contribution >= 4 is 12.1 Å². The third-order valence-corrected chi connectivity index (χ3v) is 3.93. The number of carbonyl (C=O) groups excluding carboxylic acids is 2. The van der Waals surface area contributed by atoms with E-state index in [0.717, 1.165) is 36.8 Å². The molecule has 0 spiro atoms. The highest BCUT2D eigenvalue weighted by atomic mass is 17.5. The average Bonchev–Trinajstić information content (AvgIpc) is 2.57. The Morgan fingerprint density at radius 1 is 1.08 bits per heavy atom.